The van der Waals surface area contributed by atoms with Crippen LogP contribution in [-0.4, -0.2) is 12.5 Å². The molecule has 0 bridgehead atoms. The summed E-state index contributed by atoms with van der Waals surface area (Å²) in [6.07, 6.45) is 2.06. The molecule has 1 aromatic rings. The highest BCUT2D eigenvalue weighted by molar-refractivity contribution is 5.82. The minimum atomic E-state index is -0.553. The van der Waals surface area contributed by atoms with Gasteiger partial charge < -0.3 is 11.1 Å². The molecule has 0 saturated carbocycles. The molecule has 0 spiro atoms. The third kappa shape index (κ3) is 3.72. The molecule has 0 unspecified atom stereocenters. The van der Waals surface area contributed by atoms with Gasteiger partial charge in [-0.05, 0) is 12.0 Å². The van der Waals surface area contributed by atoms with Gasteiger partial charge in [0.2, 0.25) is 5.91 Å². The average molecular weight is 206 g/mol. The smallest absolute Gasteiger partial charge is 0.241 e. The van der Waals surface area contributed by atoms with E-state index in [1.165, 1.54) is 0 Å². The fourth-order valence-electron chi connectivity index (χ4n) is 1.31. The fourth-order valence-corrected chi connectivity index (χ4v) is 1.31. The van der Waals surface area contributed by atoms with Crippen LogP contribution in [0, 0.1) is 0 Å². The lowest BCUT2D eigenvalue weighted by Gasteiger charge is -2.11. The number of amides is 1. The third-order valence-corrected chi connectivity index (χ3v) is 2.27. The van der Waals surface area contributed by atoms with Crippen molar-refractivity contribution in [2.24, 2.45) is 5.73 Å². The highest BCUT2D eigenvalue weighted by Crippen LogP contribution is 2.08. The van der Waals surface area contributed by atoms with Gasteiger partial charge in [-0.1, -0.05) is 43.7 Å². The van der Waals surface area contributed by atoms with E-state index in [4.69, 9.17) is 5.73 Å². The molecule has 3 nitrogen and oxygen atoms in total. The summed E-state index contributed by atoms with van der Waals surface area (Å²) < 4.78 is 0. The van der Waals surface area contributed by atoms with Crippen LogP contribution in [0.4, 0.5) is 0 Å². The van der Waals surface area contributed by atoms with Crippen molar-refractivity contribution in [3.05, 3.63) is 35.9 Å². The Labute approximate surface area is 90.7 Å². The Kier molecular flexibility index (Phi) is 4.84. The van der Waals surface area contributed by atoms with Gasteiger partial charge in [0.1, 0.15) is 6.04 Å². The highest BCUT2D eigenvalue weighted by Gasteiger charge is 2.13. The maximum absolute atomic E-state index is 11.6. The topological polar surface area (TPSA) is 55.1 Å². The number of rotatable bonds is 5. The zero-order valence-corrected chi connectivity index (χ0v) is 9.07. The molecular weight excluding hydrogens is 188 g/mol. The Morgan fingerprint density at radius 3 is 2.67 bits per heavy atom. The first-order chi connectivity index (χ1) is 7.25. The molecule has 0 saturated heterocycles. The maximum atomic E-state index is 11.6. The second-order valence-corrected chi connectivity index (χ2v) is 3.53. The molecule has 3 N–H and O–H groups in total. The van der Waals surface area contributed by atoms with Gasteiger partial charge in [-0.3, -0.25) is 4.79 Å². The minimum Gasteiger partial charge on any atom is -0.354 e. The Morgan fingerprint density at radius 2 is 2.07 bits per heavy atom. The van der Waals surface area contributed by atoms with Gasteiger partial charge in [-0.15, -0.1) is 0 Å². The van der Waals surface area contributed by atoms with Crippen molar-refractivity contribution in [1.82, 2.24) is 5.32 Å². The molecule has 0 radical (unpaired) electrons. The minimum absolute atomic E-state index is 0.102. The number of nitrogens with one attached hydrogen (secondary N) is 1. The lowest BCUT2D eigenvalue weighted by Crippen LogP contribution is -2.34. The molecule has 1 aromatic carbocycles. The van der Waals surface area contributed by atoms with Crippen molar-refractivity contribution < 1.29 is 4.79 Å². The summed E-state index contributed by atoms with van der Waals surface area (Å²) in [7, 11) is 0. The van der Waals surface area contributed by atoms with Crippen LogP contribution in [0.15, 0.2) is 30.3 Å². The van der Waals surface area contributed by atoms with Gasteiger partial charge in [0.05, 0.1) is 0 Å². The van der Waals surface area contributed by atoms with Gasteiger partial charge >= 0.3 is 0 Å². The number of unbranched alkanes of at least 4 members (excludes halogenated alkanes) is 1. The van der Waals surface area contributed by atoms with E-state index in [1.54, 1.807) is 0 Å². The van der Waals surface area contributed by atoms with Crippen LogP contribution in [-0.2, 0) is 4.79 Å². The van der Waals surface area contributed by atoms with Crippen molar-refractivity contribution in [2.45, 2.75) is 25.8 Å². The van der Waals surface area contributed by atoms with Crippen LogP contribution in [0.3, 0.4) is 0 Å². The van der Waals surface area contributed by atoms with Crippen molar-refractivity contribution in [2.75, 3.05) is 6.54 Å². The van der Waals surface area contributed by atoms with Gasteiger partial charge in [0.15, 0.2) is 0 Å². The second-order valence-electron chi connectivity index (χ2n) is 3.53. The summed E-state index contributed by atoms with van der Waals surface area (Å²) in [5.41, 5.74) is 6.66. The monoisotopic (exact) mass is 206 g/mol. The predicted octanol–water partition coefficient (Wildman–Crippen LogP) is 1.60. The van der Waals surface area contributed by atoms with Crippen LogP contribution >= 0.6 is 0 Å². The third-order valence-electron chi connectivity index (χ3n) is 2.27. The normalized spacial score (nSPS) is 12.1. The predicted molar refractivity (Wildman–Crippen MR) is 61.3 cm³/mol. The Bertz CT molecular complexity index is 298. The summed E-state index contributed by atoms with van der Waals surface area (Å²) in [6.45, 7) is 2.79. The van der Waals surface area contributed by atoms with E-state index < -0.39 is 6.04 Å². The summed E-state index contributed by atoms with van der Waals surface area (Å²) >= 11 is 0. The number of carbonyl (C=O) groups excluding carboxylic acids is 1. The first kappa shape index (κ1) is 11.7. The quantitative estimate of drug-likeness (QED) is 0.719. The average Bonchev–Trinajstić information content (AvgIpc) is 2.29. The molecule has 1 rings (SSSR count). The molecule has 3 heteroatoms. The number of benzene rings is 1. The van der Waals surface area contributed by atoms with E-state index in [2.05, 4.69) is 12.2 Å². The SMILES string of the molecule is CCCCNC(=O)[C@@H](N)c1ccccc1. The van der Waals surface area contributed by atoms with Crippen LogP contribution in [0.1, 0.15) is 31.4 Å². The van der Waals surface area contributed by atoms with Gasteiger partial charge in [0.25, 0.3) is 0 Å². The number of hydrogen-bond donors (Lipinski definition) is 2. The van der Waals surface area contributed by atoms with Gasteiger partial charge in [0, 0.05) is 6.54 Å². The highest BCUT2D eigenvalue weighted by atomic mass is 16.2. The summed E-state index contributed by atoms with van der Waals surface area (Å²) in [5.74, 6) is -0.102. The molecule has 0 heterocycles. The molecule has 1 atom stereocenters. The standard InChI is InChI=1S/C12H18N2O/c1-2-3-9-14-12(15)11(13)10-7-5-4-6-8-10/h4-8,11H,2-3,9,13H2,1H3,(H,14,15)/t11-/m0/s1. The molecule has 1 amide bonds. The van der Waals surface area contributed by atoms with E-state index in [0.717, 1.165) is 18.4 Å². The van der Waals surface area contributed by atoms with Crippen molar-refractivity contribution in [1.29, 1.82) is 0 Å². The maximum Gasteiger partial charge on any atom is 0.241 e. The van der Waals surface area contributed by atoms with E-state index in [1.807, 2.05) is 30.3 Å². The zero-order valence-electron chi connectivity index (χ0n) is 9.07. The van der Waals surface area contributed by atoms with Gasteiger partial charge in [-0.2, -0.15) is 0 Å². The van der Waals surface area contributed by atoms with Crippen LogP contribution in [0.25, 0.3) is 0 Å². The molecule has 0 aromatic heterocycles. The fraction of sp³-hybridized carbons (Fsp3) is 0.417. The Morgan fingerprint density at radius 1 is 1.40 bits per heavy atom. The van der Waals surface area contributed by atoms with E-state index in [9.17, 15) is 4.79 Å². The van der Waals surface area contributed by atoms with Crippen molar-refractivity contribution in [3.8, 4) is 0 Å². The largest absolute Gasteiger partial charge is 0.354 e. The summed E-state index contributed by atoms with van der Waals surface area (Å²) in [4.78, 5) is 11.6. The van der Waals surface area contributed by atoms with E-state index >= 15 is 0 Å². The summed E-state index contributed by atoms with van der Waals surface area (Å²) in [5, 5.41) is 2.82. The molecule has 0 fully saturated rings. The lowest BCUT2D eigenvalue weighted by molar-refractivity contribution is -0.122. The number of nitrogens with two attached hydrogens (primary N) is 1. The molecule has 15 heavy (non-hydrogen) atoms. The van der Waals surface area contributed by atoms with Crippen LogP contribution < -0.4 is 11.1 Å². The van der Waals surface area contributed by atoms with Gasteiger partial charge in [-0.25, -0.2) is 0 Å². The molecule has 0 aliphatic rings. The summed E-state index contributed by atoms with van der Waals surface area (Å²) in [6, 6.07) is 8.85. The first-order valence-electron chi connectivity index (χ1n) is 5.34. The second kappa shape index (κ2) is 6.19. The Balaban J connectivity index is 2.46. The van der Waals surface area contributed by atoms with Crippen molar-refractivity contribution >= 4 is 5.91 Å². The Hall–Kier alpha value is -1.35. The molecule has 82 valence electrons. The molecule has 0 aliphatic carbocycles. The first-order valence-corrected chi connectivity index (χ1v) is 5.34. The number of hydrogen-bond acceptors (Lipinski definition) is 2. The molecule has 0 aliphatic heterocycles. The van der Waals surface area contributed by atoms with Crippen molar-refractivity contribution in [3.63, 3.8) is 0 Å². The van der Waals surface area contributed by atoms with Crippen LogP contribution in [0.5, 0.6) is 0 Å². The van der Waals surface area contributed by atoms with Crippen LogP contribution in [0.2, 0.25) is 0 Å². The number of carbonyl (C=O) groups is 1. The molecular formula is C12H18N2O. The van der Waals surface area contributed by atoms with E-state index in [0.29, 0.717) is 6.54 Å². The van der Waals surface area contributed by atoms with E-state index in [-0.39, 0.29) is 5.91 Å². The zero-order chi connectivity index (χ0) is 11.1. The lowest BCUT2D eigenvalue weighted by atomic mass is 10.1.